The molecule has 3 nitrogen and oxygen atoms in total. The first-order valence-electron chi connectivity index (χ1n) is 6.80. The lowest BCUT2D eigenvalue weighted by Crippen LogP contribution is -2.42. The molecule has 1 unspecified atom stereocenters. The van der Waals surface area contributed by atoms with Crippen molar-refractivity contribution in [1.29, 1.82) is 0 Å². The summed E-state index contributed by atoms with van der Waals surface area (Å²) < 4.78 is 0. The molecule has 1 saturated heterocycles. The summed E-state index contributed by atoms with van der Waals surface area (Å²) >= 11 is 0. The van der Waals surface area contributed by atoms with Crippen molar-refractivity contribution < 1.29 is 4.79 Å². The number of carbonyl (C=O) groups excluding carboxylic acids is 1. The Morgan fingerprint density at radius 2 is 1.81 bits per heavy atom. The van der Waals surface area contributed by atoms with Crippen LogP contribution in [-0.4, -0.2) is 29.9 Å². The van der Waals surface area contributed by atoms with E-state index in [9.17, 15) is 4.79 Å². The summed E-state index contributed by atoms with van der Waals surface area (Å²) in [6.07, 6.45) is 9.31. The smallest absolute Gasteiger partial charge is 0.239 e. The lowest BCUT2D eigenvalue weighted by Gasteiger charge is -2.20. The Bertz CT molecular complexity index is 200. The Morgan fingerprint density at radius 1 is 1.19 bits per heavy atom. The third-order valence-electron chi connectivity index (χ3n) is 3.35. The topological polar surface area (TPSA) is 46.3 Å². The van der Waals surface area contributed by atoms with Crippen LogP contribution >= 0.6 is 0 Å². The number of hydrogen-bond donors (Lipinski definition) is 1. The zero-order chi connectivity index (χ0) is 11.8. The highest BCUT2D eigenvalue weighted by molar-refractivity contribution is 5.81. The third kappa shape index (κ3) is 4.52. The second kappa shape index (κ2) is 7.66. The first-order valence-corrected chi connectivity index (χ1v) is 6.80. The van der Waals surface area contributed by atoms with Crippen molar-refractivity contribution in [3.63, 3.8) is 0 Å². The number of hydrogen-bond acceptors (Lipinski definition) is 2. The minimum atomic E-state index is -0.250. The molecule has 0 radical (unpaired) electrons. The van der Waals surface area contributed by atoms with Crippen LogP contribution in [0, 0.1) is 0 Å². The zero-order valence-corrected chi connectivity index (χ0v) is 10.6. The van der Waals surface area contributed by atoms with Gasteiger partial charge in [0, 0.05) is 13.1 Å². The van der Waals surface area contributed by atoms with Gasteiger partial charge in [0.25, 0.3) is 0 Å². The van der Waals surface area contributed by atoms with E-state index in [4.69, 9.17) is 5.73 Å². The van der Waals surface area contributed by atoms with Gasteiger partial charge in [0.1, 0.15) is 0 Å². The van der Waals surface area contributed by atoms with E-state index in [-0.39, 0.29) is 11.9 Å². The highest BCUT2D eigenvalue weighted by Crippen LogP contribution is 2.12. The summed E-state index contributed by atoms with van der Waals surface area (Å²) in [5.41, 5.74) is 5.92. The van der Waals surface area contributed by atoms with Crippen molar-refractivity contribution in [2.24, 2.45) is 5.73 Å². The van der Waals surface area contributed by atoms with E-state index < -0.39 is 0 Å². The number of carbonyl (C=O) groups is 1. The van der Waals surface area contributed by atoms with Gasteiger partial charge in [-0.15, -0.1) is 0 Å². The van der Waals surface area contributed by atoms with Gasteiger partial charge < -0.3 is 10.6 Å². The molecule has 0 aliphatic carbocycles. The molecule has 1 atom stereocenters. The Balaban J connectivity index is 2.08. The van der Waals surface area contributed by atoms with Crippen molar-refractivity contribution in [2.45, 2.75) is 64.3 Å². The van der Waals surface area contributed by atoms with Crippen molar-refractivity contribution >= 4 is 5.91 Å². The van der Waals surface area contributed by atoms with E-state index in [0.29, 0.717) is 0 Å². The largest absolute Gasteiger partial charge is 0.341 e. The molecule has 94 valence electrons. The van der Waals surface area contributed by atoms with E-state index in [2.05, 4.69) is 6.92 Å². The molecule has 1 amide bonds. The first kappa shape index (κ1) is 13.5. The van der Waals surface area contributed by atoms with E-state index in [0.717, 1.165) is 38.8 Å². The number of amides is 1. The minimum absolute atomic E-state index is 0.174. The van der Waals surface area contributed by atoms with E-state index in [1.807, 2.05) is 4.90 Å². The maximum absolute atomic E-state index is 11.9. The van der Waals surface area contributed by atoms with Crippen LogP contribution in [0.1, 0.15) is 58.3 Å². The van der Waals surface area contributed by atoms with Gasteiger partial charge in [0.15, 0.2) is 0 Å². The third-order valence-corrected chi connectivity index (χ3v) is 3.35. The van der Waals surface area contributed by atoms with Gasteiger partial charge in [-0.2, -0.15) is 0 Å². The number of rotatable bonds is 7. The summed E-state index contributed by atoms with van der Waals surface area (Å²) in [5, 5.41) is 0. The summed E-state index contributed by atoms with van der Waals surface area (Å²) in [5.74, 6) is 0.174. The Hall–Kier alpha value is -0.570. The summed E-state index contributed by atoms with van der Waals surface area (Å²) in [6, 6.07) is -0.250. The fourth-order valence-electron chi connectivity index (χ4n) is 2.26. The number of nitrogens with zero attached hydrogens (tertiary/aromatic N) is 1. The first-order chi connectivity index (χ1) is 7.75. The van der Waals surface area contributed by atoms with E-state index in [1.165, 1.54) is 25.7 Å². The maximum atomic E-state index is 11.9. The zero-order valence-electron chi connectivity index (χ0n) is 10.6. The van der Waals surface area contributed by atoms with Crippen molar-refractivity contribution in [1.82, 2.24) is 4.90 Å². The molecule has 3 heteroatoms. The number of unbranched alkanes of at least 4 members (excludes halogenated alkanes) is 4. The Kier molecular flexibility index (Phi) is 6.46. The lowest BCUT2D eigenvalue weighted by molar-refractivity contribution is -0.131. The quantitative estimate of drug-likeness (QED) is 0.677. The fourth-order valence-corrected chi connectivity index (χ4v) is 2.26. The van der Waals surface area contributed by atoms with Crippen LogP contribution in [0.3, 0.4) is 0 Å². The lowest BCUT2D eigenvalue weighted by atomic mass is 10.1. The molecule has 0 aromatic rings. The highest BCUT2D eigenvalue weighted by atomic mass is 16.2. The molecule has 0 aromatic carbocycles. The summed E-state index contributed by atoms with van der Waals surface area (Å²) in [4.78, 5) is 13.8. The molecule has 0 aromatic heterocycles. The molecular formula is C13H26N2O. The maximum Gasteiger partial charge on any atom is 0.239 e. The number of likely N-dealkylation sites (tertiary alicyclic amines) is 1. The monoisotopic (exact) mass is 226 g/mol. The van der Waals surface area contributed by atoms with Gasteiger partial charge >= 0.3 is 0 Å². The SMILES string of the molecule is CCCCCCCC(N)C(=O)N1CCCC1. The van der Waals surface area contributed by atoms with Crippen LogP contribution in [0.5, 0.6) is 0 Å². The Morgan fingerprint density at radius 3 is 2.44 bits per heavy atom. The molecule has 0 bridgehead atoms. The summed E-state index contributed by atoms with van der Waals surface area (Å²) in [6.45, 7) is 4.05. The van der Waals surface area contributed by atoms with Crippen LogP contribution in [0.4, 0.5) is 0 Å². The van der Waals surface area contributed by atoms with Crippen LogP contribution < -0.4 is 5.73 Å². The Labute approximate surface area is 99.4 Å². The van der Waals surface area contributed by atoms with Crippen LogP contribution in [0.2, 0.25) is 0 Å². The summed E-state index contributed by atoms with van der Waals surface area (Å²) in [7, 11) is 0. The number of nitrogens with two attached hydrogens (primary N) is 1. The predicted octanol–water partition coefficient (Wildman–Crippen LogP) is 2.30. The molecule has 1 aliphatic heterocycles. The highest BCUT2D eigenvalue weighted by Gasteiger charge is 2.22. The van der Waals surface area contributed by atoms with Crippen molar-refractivity contribution in [3.8, 4) is 0 Å². The van der Waals surface area contributed by atoms with Crippen LogP contribution in [-0.2, 0) is 4.79 Å². The van der Waals surface area contributed by atoms with E-state index >= 15 is 0 Å². The molecule has 1 rings (SSSR count). The van der Waals surface area contributed by atoms with Gasteiger partial charge in [-0.05, 0) is 19.3 Å². The van der Waals surface area contributed by atoms with Crippen molar-refractivity contribution in [2.75, 3.05) is 13.1 Å². The molecule has 1 fully saturated rings. The molecule has 2 N–H and O–H groups in total. The average molecular weight is 226 g/mol. The second-order valence-corrected chi connectivity index (χ2v) is 4.84. The predicted molar refractivity (Wildman–Crippen MR) is 67.2 cm³/mol. The molecule has 16 heavy (non-hydrogen) atoms. The molecule has 0 spiro atoms. The molecule has 1 heterocycles. The second-order valence-electron chi connectivity index (χ2n) is 4.84. The molecule has 0 saturated carbocycles. The van der Waals surface area contributed by atoms with Gasteiger partial charge in [0.05, 0.1) is 6.04 Å². The molecular weight excluding hydrogens is 200 g/mol. The van der Waals surface area contributed by atoms with Crippen LogP contribution in [0.15, 0.2) is 0 Å². The van der Waals surface area contributed by atoms with Gasteiger partial charge in [-0.1, -0.05) is 39.0 Å². The average Bonchev–Trinajstić information content (AvgIpc) is 2.81. The fraction of sp³-hybridized carbons (Fsp3) is 0.923. The molecule has 1 aliphatic rings. The van der Waals surface area contributed by atoms with Crippen molar-refractivity contribution in [3.05, 3.63) is 0 Å². The van der Waals surface area contributed by atoms with Crippen LogP contribution in [0.25, 0.3) is 0 Å². The standard InChI is InChI=1S/C13H26N2O/c1-2-3-4-5-6-9-12(14)13(16)15-10-7-8-11-15/h12H,2-11,14H2,1H3. The minimum Gasteiger partial charge on any atom is -0.341 e. The van der Waals surface area contributed by atoms with Gasteiger partial charge in [0.2, 0.25) is 5.91 Å². The van der Waals surface area contributed by atoms with Gasteiger partial charge in [-0.25, -0.2) is 0 Å². The van der Waals surface area contributed by atoms with Gasteiger partial charge in [-0.3, -0.25) is 4.79 Å². The normalized spacial score (nSPS) is 17.8. The van der Waals surface area contributed by atoms with E-state index in [1.54, 1.807) is 0 Å².